The zero-order valence-corrected chi connectivity index (χ0v) is 22.3. The Hall–Kier alpha value is -1.02. The predicted molar refractivity (Wildman–Crippen MR) is 134 cm³/mol. The Morgan fingerprint density at radius 3 is 2.30 bits per heavy atom. The third kappa shape index (κ3) is 20.1. The number of carbonyl (C=O) groups excluding carboxylic acids is 1. The lowest BCUT2D eigenvalue weighted by Gasteiger charge is -2.25. The largest absolute Gasteiger partial charge is 0.472 e. The first-order valence-corrected chi connectivity index (χ1v) is 13.7. The average Bonchev–Trinajstić information content (AvgIpc) is 2.72. The Labute approximate surface area is 201 Å². The molecule has 0 aliphatic carbocycles. The van der Waals surface area contributed by atoms with Gasteiger partial charge in [-0.05, 0) is 25.7 Å². The number of nitrogens with one attached hydrogen (secondary N) is 1. The fraction of sp³-hybridized carbons (Fsp3) is 0.792. The molecule has 0 aromatic rings. The van der Waals surface area contributed by atoms with Crippen molar-refractivity contribution in [3.05, 3.63) is 24.3 Å². The maximum absolute atomic E-state index is 12.3. The standard InChI is InChI=1S/C24H47N2O6P/c1-6-8-10-12-13-14-15-17-23(27)22(25-24(28)18-16-11-9-7-2)21-32-33(29,30)31-20-19-26(3,4)5/h10,12,15,17,22-23,27H,6-9,11,13-14,16,18-21H2,1-5H3,(H-,25,28,29,30)/p+1/b12-10+,17-15+. The molecule has 0 aliphatic heterocycles. The number of allylic oxidation sites excluding steroid dienone is 3. The monoisotopic (exact) mass is 491 g/mol. The number of rotatable bonds is 20. The molecule has 0 saturated heterocycles. The fourth-order valence-electron chi connectivity index (χ4n) is 2.82. The van der Waals surface area contributed by atoms with E-state index in [4.69, 9.17) is 9.05 Å². The summed E-state index contributed by atoms with van der Waals surface area (Å²) in [4.78, 5) is 22.3. The Bertz CT molecular complexity index is 619. The van der Waals surface area contributed by atoms with Crippen molar-refractivity contribution in [1.29, 1.82) is 0 Å². The van der Waals surface area contributed by atoms with Gasteiger partial charge in [0.25, 0.3) is 0 Å². The average molecular weight is 492 g/mol. The van der Waals surface area contributed by atoms with Crippen molar-refractivity contribution in [2.45, 2.75) is 83.8 Å². The van der Waals surface area contributed by atoms with E-state index in [1.807, 2.05) is 27.2 Å². The van der Waals surface area contributed by atoms with Gasteiger partial charge in [-0.2, -0.15) is 0 Å². The molecule has 0 rings (SSSR count). The summed E-state index contributed by atoms with van der Waals surface area (Å²) in [5, 5.41) is 13.3. The van der Waals surface area contributed by atoms with Gasteiger partial charge in [-0.3, -0.25) is 13.8 Å². The molecule has 3 atom stereocenters. The first-order chi connectivity index (χ1) is 15.5. The van der Waals surface area contributed by atoms with Crippen LogP contribution in [0.3, 0.4) is 0 Å². The van der Waals surface area contributed by atoms with Crippen LogP contribution in [0.2, 0.25) is 0 Å². The van der Waals surface area contributed by atoms with Crippen molar-refractivity contribution in [3.63, 3.8) is 0 Å². The van der Waals surface area contributed by atoms with E-state index >= 15 is 0 Å². The van der Waals surface area contributed by atoms with Crippen molar-refractivity contribution in [2.75, 3.05) is 40.9 Å². The Morgan fingerprint density at radius 2 is 1.67 bits per heavy atom. The molecule has 0 saturated carbocycles. The molecule has 0 heterocycles. The highest BCUT2D eigenvalue weighted by Gasteiger charge is 2.27. The third-order valence-corrected chi connectivity index (χ3v) is 5.89. The summed E-state index contributed by atoms with van der Waals surface area (Å²) in [6.07, 6.45) is 14.6. The third-order valence-electron chi connectivity index (χ3n) is 4.91. The highest BCUT2D eigenvalue weighted by molar-refractivity contribution is 7.47. The van der Waals surface area contributed by atoms with Gasteiger partial charge in [0, 0.05) is 6.42 Å². The number of likely N-dealkylation sites (N-methyl/N-ethyl adjacent to an activating group) is 1. The second-order valence-electron chi connectivity index (χ2n) is 9.35. The Morgan fingerprint density at radius 1 is 1.00 bits per heavy atom. The van der Waals surface area contributed by atoms with Gasteiger partial charge in [0.15, 0.2) is 0 Å². The lowest BCUT2D eigenvalue weighted by atomic mass is 10.1. The van der Waals surface area contributed by atoms with Crippen LogP contribution < -0.4 is 5.32 Å². The van der Waals surface area contributed by atoms with Crippen LogP contribution in [0, 0.1) is 0 Å². The van der Waals surface area contributed by atoms with E-state index < -0.39 is 20.0 Å². The summed E-state index contributed by atoms with van der Waals surface area (Å²) >= 11 is 0. The van der Waals surface area contributed by atoms with Gasteiger partial charge in [-0.1, -0.05) is 63.8 Å². The number of nitrogens with zero attached hydrogens (tertiary/aromatic N) is 1. The van der Waals surface area contributed by atoms with Crippen LogP contribution in [0.4, 0.5) is 0 Å². The normalized spacial score (nSPS) is 16.2. The summed E-state index contributed by atoms with van der Waals surface area (Å²) in [5.74, 6) is -0.214. The minimum atomic E-state index is -4.30. The SMILES string of the molecule is CCC/C=C/CC/C=C/C(O)C(COP(=O)(O)OCC[N+](C)(C)C)NC(=O)CCCCCC. The van der Waals surface area contributed by atoms with Gasteiger partial charge >= 0.3 is 7.82 Å². The first kappa shape index (κ1) is 32.0. The van der Waals surface area contributed by atoms with Gasteiger partial charge in [0.2, 0.25) is 5.91 Å². The first-order valence-electron chi connectivity index (χ1n) is 12.2. The number of hydrogen-bond donors (Lipinski definition) is 3. The number of aliphatic hydroxyl groups excluding tert-OH is 1. The molecule has 33 heavy (non-hydrogen) atoms. The molecule has 8 nitrogen and oxygen atoms in total. The van der Waals surface area contributed by atoms with Crippen LogP contribution >= 0.6 is 7.82 Å². The van der Waals surface area contributed by atoms with Crippen molar-refractivity contribution < 1.29 is 32.9 Å². The molecule has 0 bridgehead atoms. The number of amides is 1. The Kier molecular flexibility index (Phi) is 17.8. The quantitative estimate of drug-likeness (QED) is 0.101. The van der Waals surface area contributed by atoms with Crippen LogP contribution in [0.5, 0.6) is 0 Å². The summed E-state index contributed by atoms with van der Waals surface area (Å²) < 4.78 is 22.9. The number of phosphoric ester groups is 1. The van der Waals surface area contributed by atoms with E-state index in [-0.39, 0.29) is 19.1 Å². The number of hydrogen-bond acceptors (Lipinski definition) is 5. The molecule has 3 N–H and O–H groups in total. The summed E-state index contributed by atoms with van der Waals surface area (Å²) in [7, 11) is 1.54. The molecule has 0 aliphatic rings. The summed E-state index contributed by atoms with van der Waals surface area (Å²) in [6, 6.07) is -0.849. The molecular formula is C24H48N2O6P+. The minimum absolute atomic E-state index is 0.0553. The Balaban J connectivity index is 4.84. The minimum Gasteiger partial charge on any atom is -0.387 e. The fourth-order valence-corrected chi connectivity index (χ4v) is 3.56. The molecule has 194 valence electrons. The topological polar surface area (TPSA) is 105 Å². The van der Waals surface area contributed by atoms with Gasteiger partial charge < -0.3 is 19.8 Å². The van der Waals surface area contributed by atoms with Crippen molar-refractivity contribution >= 4 is 13.7 Å². The van der Waals surface area contributed by atoms with Crippen LogP contribution in [0.1, 0.15) is 71.6 Å². The van der Waals surface area contributed by atoms with E-state index in [1.54, 1.807) is 6.08 Å². The predicted octanol–water partition coefficient (Wildman–Crippen LogP) is 4.34. The molecule has 0 aromatic heterocycles. The molecule has 0 fully saturated rings. The van der Waals surface area contributed by atoms with Gasteiger partial charge in [0.05, 0.1) is 39.9 Å². The van der Waals surface area contributed by atoms with Gasteiger partial charge in [-0.15, -0.1) is 0 Å². The zero-order chi connectivity index (χ0) is 25.2. The summed E-state index contributed by atoms with van der Waals surface area (Å²) in [5.41, 5.74) is 0. The zero-order valence-electron chi connectivity index (χ0n) is 21.4. The number of quaternary nitrogens is 1. The van der Waals surface area contributed by atoms with Crippen LogP contribution in [0.15, 0.2) is 24.3 Å². The van der Waals surface area contributed by atoms with Crippen LogP contribution in [0.25, 0.3) is 0 Å². The second-order valence-corrected chi connectivity index (χ2v) is 10.8. The highest BCUT2D eigenvalue weighted by Crippen LogP contribution is 2.43. The summed E-state index contributed by atoms with van der Waals surface area (Å²) in [6.45, 7) is 4.48. The van der Waals surface area contributed by atoms with Crippen LogP contribution in [-0.4, -0.2) is 73.4 Å². The molecule has 3 unspecified atom stereocenters. The van der Waals surface area contributed by atoms with Gasteiger partial charge in [-0.25, -0.2) is 4.57 Å². The number of aliphatic hydroxyl groups is 1. The van der Waals surface area contributed by atoms with E-state index in [0.717, 1.165) is 51.4 Å². The second kappa shape index (κ2) is 18.3. The highest BCUT2D eigenvalue weighted by atomic mass is 31.2. The number of unbranched alkanes of at least 4 members (excludes halogenated alkanes) is 5. The van der Waals surface area contributed by atoms with Crippen LogP contribution in [-0.2, 0) is 18.4 Å². The molecule has 0 spiro atoms. The molecule has 0 aromatic carbocycles. The molecule has 0 radical (unpaired) electrons. The maximum atomic E-state index is 12.3. The van der Waals surface area contributed by atoms with E-state index in [9.17, 15) is 19.4 Å². The van der Waals surface area contributed by atoms with E-state index in [1.165, 1.54) is 0 Å². The number of carbonyl (C=O) groups is 1. The smallest absolute Gasteiger partial charge is 0.387 e. The lowest BCUT2D eigenvalue weighted by molar-refractivity contribution is -0.870. The molecule has 9 heteroatoms. The number of phosphoric acid groups is 1. The van der Waals surface area contributed by atoms with Crippen molar-refractivity contribution in [3.8, 4) is 0 Å². The van der Waals surface area contributed by atoms with Crippen molar-refractivity contribution in [1.82, 2.24) is 5.32 Å². The maximum Gasteiger partial charge on any atom is 0.472 e. The lowest BCUT2D eigenvalue weighted by Crippen LogP contribution is -2.45. The van der Waals surface area contributed by atoms with E-state index in [0.29, 0.717) is 17.4 Å². The van der Waals surface area contributed by atoms with E-state index in [2.05, 4.69) is 31.3 Å². The van der Waals surface area contributed by atoms with Gasteiger partial charge in [0.1, 0.15) is 13.2 Å². The van der Waals surface area contributed by atoms with Crippen molar-refractivity contribution in [2.24, 2.45) is 0 Å². The molecular weight excluding hydrogens is 443 g/mol. The molecule has 1 amide bonds.